The first-order valence-electron chi connectivity index (χ1n) is 12.6. The Balaban J connectivity index is 1.52. The third kappa shape index (κ3) is 4.33. The van der Waals surface area contributed by atoms with Crippen LogP contribution in [0.25, 0.3) is 11.5 Å². The topological polar surface area (TPSA) is 121 Å². The summed E-state index contributed by atoms with van der Waals surface area (Å²) in [5.41, 5.74) is 2.17. The SMILES string of the molecule is CC(C)N(C)c1cc2c(c(CN(C)C(=O)O)n1)CN(c1cccc(-c3nnc4n3C([C@@H](C)F)CC4)n1)C2=O. The van der Waals surface area contributed by atoms with E-state index in [1.54, 1.807) is 29.2 Å². The summed E-state index contributed by atoms with van der Waals surface area (Å²) in [5.74, 6) is 1.97. The average molecular weight is 523 g/mol. The molecule has 5 heterocycles. The fraction of sp³-hybridized carbons (Fsp3) is 0.462. The minimum atomic E-state index is -1.08. The van der Waals surface area contributed by atoms with E-state index in [1.165, 1.54) is 14.0 Å². The number of amides is 2. The van der Waals surface area contributed by atoms with Crippen molar-refractivity contribution in [1.82, 2.24) is 29.6 Å². The second-order valence-electron chi connectivity index (χ2n) is 10.2. The van der Waals surface area contributed by atoms with Gasteiger partial charge in [0.15, 0.2) is 5.82 Å². The molecule has 3 aromatic heterocycles. The molecule has 0 radical (unpaired) electrons. The van der Waals surface area contributed by atoms with Gasteiger partial charge in [0.1, 0.15) is 29.3 Å². The number of alkyl halides is 1. The van der Waals surface area contributed by atoms with Gasteiger partial charge in [-0.05, 0) is 45.4 Å². The standard InChI is InChI=1S/C26H31FN8O3/c1-14(2)33(5)23-11-16-17(19(29-23)13-32(4)26(37)38)12-34(25(16)36)21-8-6-7-18(28-21)24-31-30-22-10-9-20(15(3)27)35(22)24/h6-8,11,14-15,20H,9-10,12-13H2,1-5H3,(H,37,38)/t15-,20?/m1/s1. The van der Waals surface area contributed by atoms with Crippen molar-refractivity contribution in [2.45, 2.75) is 65.0 Å². The lowest BCUT2D eigenvalue weighted by atomic mass is 10.1. The van der Waals surface area contributed by atoms with Crippen LogP contribution < -0.4 is 9.80 Å². The summed E-state index contributed by atoms with van der Waals surface area (Å²) >= 11 is 0. The minimum absolute atomic E-state index is 0.0424. The number of hydrogen-bond donors (Lipinski definition) is 1. The Morgan fingerprint density at radius 3 is 2.66 bits per heavy atom. The largest absolute Gasteiger partial charge is 0.465 e. The molecule has 11 nitrogen and oxygen atoms in total. The van der Waals surface area contributed by atoms with Crippen molar-refractivity contribution in [2.24, 2.45) is 0 Å². The molecule has 1 N–H and O–H groups in total. The van der Waals surface area contributed by atoms with E-state index in [9.17, 15) is 19.1 Å². The molecule has 2 aliphatic rings. The zero-order valence-corrected chi connectivity index (χ0v) is 22.1. The van der Waals surface area contributed by atoms with E-state index in [2.05, 4.69) is 10.2 Å². The normalized spacial score (nSPS) is 17.1. The summed E-state index contributed by atoms with van der Waals surface area (Å²) in [6.45, 7) is 5.80. The molecule has 5 rings (SSSR count). The van der Waals surface area contributed by atoms with Crippen molar-refractivity contribution in [1.29, 1.82) is 0 Å². The number of carbonyl (C=O) groups excluding carboxylic acids is 1. The number of anilines is 2. The van der Waals surface area contributed by atoms with E-state index in [0.29, 0.717) is 52.8 Å². The van der Waals surface area contributed by atoms with Gasteiger partial charge in [0.2, 0.25) is 0 Å². The fourth-order valence-electron chi connectivity index (χ4n) is 4.96. The maximum atomic E-state index is 14.3. The predicted molar refractivity (Wildman–Crippen MR) is 139 cm³/mol. The van der Waals surface area contributed by atoms with Gasteiger partial charge in [0, 0.05) is 32.1 Å². The quantitative estimate of drug-likeness (QED) is 0.499. The van der Waals surface area contributed by atoms with E-state index < -0.39 is 12.3 Å². The number of nitrogens with zero attached hydrogens (tertiary/aromatic N) is 8. The van der Waals surface area contributed by atoms with E-state index >= 15 is 0 Å². The Kier molecular flexibility index (Phi) is 6.49. The molecule has 0 saturated carbocycles. The van der Waals surface area contributed by atoms with Crippen molar-refractivity contribution < 1.29 is 19.1 Å². The highest BCUT2D eigenvalue weighted by Gasteiger charge is 2.35. The molecule has 0 aromatic carbocycles. The number of aromatic nitrogens is 5. The molecule has 2 amide bonds. The lowest BCUT2D eigenvalue weighted by Crippen LogP contribution is -2.29. The first-order chi connectivity index (χ1) is 18.1. The molecule has 0 bridgehead atoms. The van der Waals surface area contributed by atoms with Gasteiger partial charge in [-0.15, -0.1) is 10.2 Å². The van der Waals surface area contributed by atoms with Gasteiger partial charge in [-0.2, -0.15) is 0 Å². The highest BCUT2D eigenvalue weighted by atomic mass is 19.1. The van der Waals surface area contributed by atoms with E-state index in [0.717, 1.165) is 10.7 Å². The third-order valence-electron chi connectivity index (χ3n) is 7.37. The van der Waals surface area contributed by atoms with Gasteiger partial charge >= 0.3 is 6.09 Å². The summed E-state index contributed by atoms with van der Waals surface area (Å²) in [4.78, 5) is 39.3. The molecule has 12 heteroatoms. The molecule has 200 valence electrons. The van der Waals surface area contributed by atoms with Gasteiger partial charge < -0.3 is 19.5 Å². The predicted octanol–water partition coefficient (Wildman–Crippen LogP) is 3.70. The first kappa shape index (κ1) is 25.6. The van der Waals surface area contributed by atoms with Crippen LogP contribution in [0.1, 0.15) is 60.7 Å². The van der Waals surface area contributed by atoms with Crippen molar-refractivity contribution in [2.75, 3.05) is 23.9 Å². The van der Waals surface area contributed by atoms with Crippen molar-refractivity contribution in [3.05, 3.63) is 46.9 Å². The Morgan fingerprint density at radius 1 is 1.21 bits per heavy atom. The van der Waals surface area contributed by atoms with Gasteiger partial charge in [0.25, 0.3) is 5.91 Å². The van der Waals surface area contributed by atoms with Crippen LogP contribution in [0.2, 0.25) is 0 Å². The zero-order chi connectivity index (χ0) is 27.3. The number of pyridine rings is 2. The second-order valence-corrected chi connectivity index (χ2v) is 10.2. The third-order valence-corrected chi connectivity index (χ3v) is 7.37. The molecule has 0 saturated heterocycles. The van der Waals surface area contributed by atoms with Crippen molar-refractivity contribution in [3.63, 3.8) is 0 Å². The molecule has 2 atom stereocenters. The van der Waals surface area contributed by atoms with E-state index in [1.807, 2.05) is 30.4 Å². The molecular formula is C26H31FN8O3. The van der Waals surface area contributed by atoms with Crippen LogP contribution in [-0.4, -0.2) is 73.0 Å². The van der Waals surface area contributed by atoms with Crippen LogP contribution in [0, 0.1) is 0 Å². The Morgan fingerprint density at radius 2 is 1.97 bits per heavy atom. The molecule has 0 aliphatic carbocycles. The lowest BCUT2D eigenvalue weighted by molar-refractivity contribution is 0.0996. The summed E-state index contributed by atoms with van der Waals surface area (Å²) in [6.07, 6.45) is -0.834. The van der Waals surface area contributed by atoms with Crippen molar-refractivity contribution >= 4 is 23.6 Å². The number of rotatable bonds is 7. The highest BCUT2D eigenvalue weighted by Crippen LogP contribution is 2.36. The van der Waals surface area contributed by atoms with Gasteiger partial charge in [-0.25, -0.2) is 19.2 Å². The molecular weight excluding hydrogens is 491 g/mol. The average Bonchev–Trinajstić information content (AvgIpc) is 3.57. The smallest absolute Gasteiger partial charge is 0.407 e. The van der Waals surface area contributed by atoms with Crippen LogP contribution >= 0.6 is 0 Å². The van der Waals surface area contributed by atoms with Crippen LogP contribution in [0.4, 0.5) is 20.8 Å². The number of aryl methyl sites for hydroxylation is 1. The molecule has 1 unspecified atom stereocenters. The maximum Gasteiger partial charge on any atom is 0.407 e. The first-order valence-corrected chi connectivity index (χ1v) is 12.6. The molecule has 2 aliphatic heterocycles. The van der Waals surface area contributed by atoms with Crippen LogP contribution in [0.15, 0.2) is 24.3 Å². The van der Waals surface area contributed by atoms with Crippen LogP contribution in [0.3, 0.4) is 0 Å². The molecule has 0 fully saturated rings. The van der Waals surface area contributed by atoms with E-state index in [4.69, 9.17) is 9.97 Å². The number of hydrogen-bond acceptors (Lipinski definition) is 7. The van der Waals surface area contributed by atoms with Gasteiger partial charge in [0.05, 0.1) is 30.4 Å². The highest BCUT2D eigenvalue weighted by molar-refractivity contribution is 6.10. The summed E-state index contributed by atoms with van der Waals surface area (Å²) in [5, 5.41) is 18.0. The maximum absolute atomic E-state index is 14.3. The second kappa shape index (κ2) is 9.66. The Labute approximate surface area is 219 Å². The van der Waals surface area contributed by atoms with Crippen molar-refractivity contribution in [3.8, 4) is 11.5 Å². The fourth-order valence-corrected chi connectivity index (χ4v) is 4.96. The Bertz CT molecular complexity index is 1410. The van der Waals surface area contributed by atoms with Gasteiger partial charge in [-0.3, -0.25) is 9.69 Å². The zero-order valence-electron chi connectivity index (χ0n) is 22.1. The van der Waals surface area contributed by atoms with Crippen LogP contribution in [-0.2, 0) is 19.5 Å². The molecule has 38 heavy (non-hydrogen) atoms. The molecule has 3 aromatic rings. The molecule has 0 spiro atoms. The number of carboxylic acid groups (broad SMARTS) is 1. The monoisotopic (exact) mass is 522 g/mol. The minimum Gasteiger partial charge on any atom is -0.465 e. The number of halogens is 1. The number of carbonyl (C=O) groups is 2. The van der Waals surface area contributed by atoms with Crippen LogP contribution in [0.5, 0.6) is 0 Å². The lowest BCUT2D eigenvalue weighted by Gasteiger charge is -2.24. The summed E-state index contributed by atoms with van der Waals surface area (Å²) in [7, 11) is 3.35. The van der Waals surface area contributed by atoms with Gasteiger partial charge in [-0.1, -0.05) is 6.07 Å². The van der Waals surface area contributed by atoms with E-state index in [-0.39, 0.29) is 31.1 Å². The number of fused-ring (bicyclic) bond motifs is 2. The summed E-state index contributed by atoms with van der Waals surface area (Å²) in [6, 6.07) is 6.82. The Hall–Kier alpha value is -4.09. The summed E-state index contributed by atoms with van der Waals surface area (Å²) < 4.78 is 16.1.